The van der Waals surface area contributed by atoms with Crippen LogP contribution in [-0.4, -0.2) is 30.2 Å². The molecule has 5 nitrogen and oxygen atoms in total. The lowest BCUT2D eigenvalue weighted by Crippen LogP contribution is -2.16. The molecule has 2 aromatic rings. The van der Waals surface area contributed by atoms with E-state index in [0.29, 0.717) is 23.1 Å². The number of rotatable bonds is 5. The summed E-state index contributed by atoms with van der Waals surface area (Å²) >= 11 is 4.83. The van der Waals surface area contributed by atoms with Gasteiger partial charge in [0.05, 0.1) is 10.6 Å². The number of ether oxygens (including phenoxy) is 2. The lowest BCUT2D eigenvalue weighted by atomic mass is 10.2. The number of hydrogen-bond donors (Lipinski definition) is 1. The van der Waals surface area contributed by atoms with E-state index in [1.807, 2.05) is 5.38 Å². The van der Waals surface area contributed by atoms with Crippen LogP contribution < -0.4 is 10.1 Å². The van der Waals surface area contributed by atoms with E-state index in [-0.39, 0.29) is 12.0 Å². The van der Waals surface area contributed by atoms with Crippen LogP contribution >= 0.6 is 27.3 Å². The van der Waals surface area contributed by atoms with Crippen molar-refractivity contribution < 1.29 is 14.3 Å². The zero-order valence-corrected chi connectivity index (χ0v) is 14.2. The van der Waals surface area contributed by atoms with Crippen LogP contribution in [0.2, 0.25) is 0 Å². The summed E-state index contributed by atoms with van der Waals surface area (Å²) in [6, 6.07) is 5.27. The van der Waals surface area contributed by atoms with Crippen molar-refractivity contribution in [2.45, 2.75) is 18.9 Å². The van der Waals surface area contributed by atoms with Crippen LogP contribution in [0.3, 0.4) is 0 Å². The van der Waals surface area contributed by atoms with E-state index >= 15 is 0 Å². The van der Waals surface area contributed by atoms with Gasteiger partial charge < -0.3 is 9.47 Å². The monoisotopic (exact) mass is 382 g/mol. The molecule has 1 aliphatic heterocycles. The SMILES string of the molecule is O=C(Nc1nccs1)c1ccc(OC[C@H]2CCCO2)c(Br)c1. The average Bonchev–Trinajstić information content (AvgIpc) is 3.19. The van der Waals surface area contributed by atoms with Gasteiger partial charge >= 0.3 is 0 Å². The van der Waals surface area contributed by atoms with E-state index in [1.165, 1.54) is 11.3 Å². The predicted molar refractivity (Wildman–Crippen MR) is 88.7 cm³/mol. The third-order valence-electron chi connectivity index (χ3n) is 3.30. The molecule has 0 spiro atoms. The van der Waals surface area contributed by atoms with Crippen LogP contribution in [-0.2, 0) is 4.74 Å². The van der Waals surface area contributed by atoms with Crippen molar-refractivity contribution in [1.82, 2.24) is 4.98 Å². The molecule has 0 aliphatic carbocycles. The molecule has 1 aliphatic rings. The van der Waals surface area contributed by atoms with Gasteiger partial charge in [0, 0.05) is 23.7 Å². The highest BCUT2D eigenvalue weighted by Crippen LogP contribution is 2.27. The molecule has 22 heavy (non-hydrogen) atoms. The molecular weight excluding hydrogens is 368 g/mol. The van der Waals surface area contributed by atoms with Crippen molar-refractivity contribution in [2.75, 3.05) is 18.5 Å². The molecule has 3 rings (SSSR count). The van der Waals surface area contributed by atoms with Crippen molar-refractivity contribution in [1.29, 1.82) is 0 Å². The maximum Gasteiger partial charge on any atom is 0.257 e. The molecule has 1 fully saturated rings. The summed E-state index contributed by atoms with van der Waals surface area (Å²) in [5.41, 5.74) is 0.548. The number of nitrogens with zero attached hydrogens (tertiary/aromatic N) is 1. The number of carbonyl (C=O) groups is 1. The molecule has 116 valence electrons. The third kappa shape index (κ3) is 3.85. The second kappa shape index (κ2) is 7.21. The Morgan fingerprint density at radius 1 is 1.55 bits per heavy atom. The summed E-state index contributed by atoms with van der Waals surface area (Å²) in [7, 11) is 0. The Morgan fingerprint density at radius 3 is 3.14 bits per heavy atom. The molecule has 7 heteroatoms. The van der Waals surface area contributed by atoms with Crippen LogP contribution in [0.4, 0.5) is 5.13 Å². The first-order valence-electron chi connectivity index (χ1n) is 6.97. The minimum absolute atomic E-state index is 0.166. The molecule has 1 aromatic carbocycles. The molecule has 2 heterocycles. The second-order valence-corrected chi connectivity index (χ2v) is 6.63. The Kier molecular flexibility index (Phi) is 5.07. The van der Waals surface area contributed by atoms with E-state index in [4.69, 9.17) is 9.47 Å². The van der Waals surface area contributed by atoms with Crippen LogP contribution in [0.1, 0.15) is 23.2 Å². The Balaban J connectivity index is 1.62. The van der Waals surface area contributed by atoms with Crippen LogP contribution in [0.5, 0.6) is 5.75 Å². The van der Waals surface area contributed by atoms with Crippen LogP contribution in [0, 0.1) is 0 Å². The number of benzene rings is 1. The highest BCUT2D eigenvalue weighted by Gasteiger charge is 2.17. The number of halogens is 1. The number of hydrogen-bond acceptors (Lipinski definition) is 5. The van der Waals surface area contributed by atoms with E-state index in [2.05, 4.69) is 26.2 Å². The van der Waals surface area contributed by atoms with Gasteiger partial charge in [0.1, 0.15) is 12.4 Å². The largest absolute Gasteiger partial charge is 0.490 e. The maximum absolute atomic E-state index is 12.1. The van der Waals surface area contributed by atoms with Crippen LogP contribution in [0.25, 0.3) is 0 Å². The number of aromatic nitrogens is 1. The van der Waals surface area contributed by atoms with Crippen molar-refractivity contribution in [3.8, 4) is 5.75 Å². The Morgan fingerprint density at radius 2 is 2.45 bits per heavy atom. The van der Waals surface area contributed by atoms with Crippen molar-refractivity contribution >= 4 is 38.3 Å². The molecule has 0 bridgehead atoms. The van der Waals surface area contributed by atoms with Gasteiger partial charge in [0.15, 0.2) is 5.13 Å². The first-order valence-corrected chi connectivity index (χ1v) is 8.64. The molecular formula is C15H15BrN2O3S. The number of amides is 1. The van der Waals surface area contributed by atoms with E-state index in [0.717, 1.165) is 23.9 Å². The molecule has 1 N–H and O–H groups in total. The Labute approximate surface area is 140 Å². The molecule has 0 radical (unpaired) electrons. The molecule has 1 saturated heterocycles. The topological polar surface area (TPSA) is 60.5 Å². The molecule has 1 amide bonds. The van der Waals surface area contributed by atoms with Gasteiger partial charge in [-0.25, -0.2) is 4.98 Å². The first kappa shape index (κ1) is 15.5. The van der Waals surface area contributed by atoms with E-state index in [9.17, 15) is 4.79 Å². The van der Waals surface area contributed by atoms with Crippen molar-refractivity contribution in [3.63, 3.8) is 0 Å². The first-order chi connectivity index (χ1) is 10.7. The number of carbonyl (C=O) groups excluding carboxylic acids is 1. The minimum Gasteiger partial charge on any atom is -0.490 e. The number of nitrogens with one attached hydrogen (secondary N) is 1. The highest BCUT2D eigenvalue weighted by atomic mass is 79.9. The molecule has 1 atom stereocenters. The zero-order valence-electron chi connectivity index (χ0n) is 11.8. The zero-order chi connectivity index (χ0) is 15.4. The van der Waals surface area contributed by atoms with Crippen molar-refractivity contribution in [3.05, 3.63) is 39.8 Å². The Hall–Kier alpha value is -1.44. The average molecular weight is 383 g/mol. The normalized spacial score (nSPS) is 17.4. The molecule has 0 unspecified atom stereocenters. The van der Waals surface area contributed by atoms with Gasteiger partial charge in [-0.3, -0.25) is 10.1 Å². The summed E-state index contributed by atoms with van der Waals surface area (Å²) in [6.07, 6.45) is 3.94. The highest BCUT2D eigenvalue weighted by molar-refractivity contribution is 9.10. The fourth-order valence-corrected chi connectivity index (χ4v) is 3.19. The van der Waals surface area contributed by atoms with Gasteiger partial charge in [-0.1, -0.05) is 0 Å². The van der Waals surface area contributed by atoms with Gasteiger partial charge in [-0.2, -0.15) is 0 Å². The van der Waals surface area contributed by atoms with Gasteiger partial charge in [-0.15, -0.1) is 11.3 Å². The van der Waals surface area contributed by atoms with Gasteiger partial charge in [0.25, 0.3) is 5.91 Å². The smallest absolute Gasteiger partial charge is 0.257 e. The summed E-state index contributed by atoms with van der Waals surface area (Å²) < 4.78 is 12.0. The number of anilines is 1. The van der Waals surface area contributed by atoms with E-state index < -0.39 is 0 Å². The Bertz CT molecular complexity index is 642. The fourth-order valence-electron chi connectivity index (χ4n) is 2.17. The maximum atomic E-state index is 12.1. The number of thiazole rings is 1. The lowest BCUT2D eigenvalue weighted by molar-refractivity contribution is 0.0677. The standard InChI is InChI=1S/C15H15BrN2O3S/c16-12-8-10(14(19)18-15-17-5-7-22-15)3-4-13(12)21-9-11-2-1-6-20-11/h3-5,7-8,11H,1-2,6,9H2,(H,17,18,19)/t11-/m1/s1. The lowest BCUT2D eigenvalue weighted by Gasteiger charge is -2.13. The quantitative estimate of drug-likeness (QED) is 0.855. The fraction of sp³-hybridized carbons (Fsp3) is 0.333. The third-order valence-corrected chi connectivity index (χ3v) is 4.60. The molecule has 1 aromatic heterocycles. The van der Waals surface area contributed by atoms with E-state index in [1.54, 1.807) is 24.4 Å². The second-order valence-electron chi connectivity index (χ2n) is 4.88. The predicted octanol–water partition coefficient (Wildman–Crippen LogP) is 3.72. The van der Waals surface area contributed by atoms with Crippen LogP contribution in [0.15, 0.2) is 34.2 Å². The molecule has 0 saturated carbocycles. The van der Waals surface area contributed by atoms with Gasteiger partial charge in [0.2, 0.25) is 0 Å². The van der Waals surface area contributed by atoms with Gasteiger partial charge in [-0.05, 0) is 47.0 Å². The summed E-state index contributed by atoms with van der Waals surface area (Å²) in [6.45, 7) is 1.34. The minimum atomic E-state index is -0.193. The summed E-state index contributed by atoms with van der Waals surface area (Å²) in [5.74, 6) is 0.516. The van der Waals surface area contributed by atoms with Crippen molar-refractivity contribution in [2.24, 2.45) is 0 Å². The summed E-state index contributed by atoms with van der Waals surface area (Å²) in [5, 5.41) is 5.14. The summed E-state index contributed by atoms with van der Waals surface area (Å²) in [4.78, 5) is 16.1.